The molecule has 0 radical (unpaired) electrons. The number of carbonyl (C=O) groups excluding carboxylic acids is 1. The fourth-order valence-electron chi connectivity index (χ4n) is 11.5. The summed E-state index contributed by atoms with van der Waals surface area (Å²) in [7, 11) is 0. The smallest absolute Gasteiger partial charge is 0.352 e. The number of nitrogens with zero attached hydrogens (tertiary/aromatic N) is 5. The number of para-hydroxylation sites is 1. The number of hydrogen-bond acceptors (Lipinski definition) is 8. The van der Waals surface area contributed by atoms with E-state index in [0.717, 1.165) is 32.1 Å². The van der Waals surface area contributed by atoms with Gasteiger partial charge in [-0.1, -0.05) is 82.4 Å². The van der Waals surface area contributed by atoms with E-state index in [1.807, 2.05) is 6.07 Å². The SMILES string of the molecule is CC(=O)O[C@H]1CC[C@]2(C)C3CC[C@]4(C)C([C@H](C)CCCC(C)C)CCC4[C@]3(/C=N/O)n3c(=O)n(-c4ccccc4)c(=O)n3[C@]2(/C=N\O)C1. The Hall–Kier alpha value is -3.63. The zero-order valence-corrected chi connectivity index (χ0v) is 29.3. The maximum Gasteiger partial charge on any atom is 0.352 e. The van der Waals surface area contributed by atoms with Gasteiger partial charge in [0.2, 0.25) is 0 Å². The number of esters is 1. The Kier molecular flexibility index (Phi) is 8.82. The van der Waals surface area contributed by atoms with E-state index in [0.29, 0.717) is 36.3 Å². The Morgan fingerprint density at radius 3 is 2.27 bits per heavy atom. The van der Waals surface area contributed by atoms with Crippen LogP contribution in [0, 0.1) is 40.4 Å². The van der Waals surface area contributed by atoms with Crippen LogP contribution in [0.3, 0.4) is 0 Å². The zero-order chi connectivity index (χ0) is 34.6. The van der Waals surface area contributed by atoms with Crippen LogP contribution in [0.15, 0.2) is 50.2 Å². The quantitative estimate of drug-likeness (QED) is 0.143. The van der Waals surface area contributed by atoms with Crippen molar-refractivity contribution in [3.8, 4) is 5.69 Å². The van der Waals surface area contributed by atoms with E-state index in [4.69, 9.17) is 4.74 Å². The summed E-state index contributed by atoms with van der Waals surface area (Å²) in [6, 6.07) is 8.84. The molecule has 1 aliphatic heterocycles. The summed E-state index contributed by atoms with van der Waals surface area (Å²) in [6.07, 6.45) is 10.6. The van der Waals surface area contributed by atoms with E-state index in [1.165, 1.54) is 35.2 Å². The highest BCUT2D eigenvalue weighted by Gasteiger charge is 2.74. The molecule has 11 heteroatoms. The van der Waals surface area contributed by atoms with Gasteiger partial charge >= 0.3 is 17.3 Å². The fraction of sp³-hybridized carbons (Fsp3) is 0.703. The largest absolute Gasteiger partial charge is 0.462 e. The average molecular weight is 664 g/mol. The third-order valence-electron chi connectivity index (χ3n) is 13.5. The number of hydrogen-bond donors (Lipinski definition) is 2. The van der Waals surface area contributed by atoms with Crippen LogP contribution in [0.5, 0.6) is 0 Å². The van der Waals surface area contributed by atoms with E-state index in [9.17, 15) is 20.0 Å². The Morgan fingerprint density at radius 1 is 0.938 bits per heavy atom. The second kappa shape index (κ2) is 12.4. The molecule has 2 aromatic rings. The van der Waals surface area contributed by atoms with Crippen LogP contribution in [0.4, 0.5) is 0 Å². The standard InChI is InChI=1S/C37H53N5O6/c1-24(2)11-10-12-25(3)29-15-16-30-34(29,5)19-18-31-35(6)20-17-28(48-26(4)43)21-36(35,22-38-46)41-32(44)40(27-13-8-7-9-14-27)33(45)42(41)37(30,31)23-39-47/h7-9,13-14,22-25,28-31,46-47H,10-12,15-21H2,1-6H3/b38-22-,39-23+/t25-,28+,29?,30?,31?,34-,35-,36+,37+/m1/s1. The molecule has 0 saturated heterocycles. The first-order valence-corrected chi connectivity index (χ1v) is 17.9. The lowest BCUT2D eigenvalue weighted by atomic mass is 9.43. The molecule has 48 heavy (non-hydrogen) atoms. The first-order chi connectivity index (χ1) is 22.8. The predicted octanol–water partition coefficient (Wildman–Crippen LogP) is 6.15. The van der Waals surface area contributed by atoms with E-state index in [-0.39, 0.29) is 23.7 Å². The molecule has 2 heterocycles. The molecule has 0 spiro atoms. The third kappa shape index (κ3) is 4.76. The monoisotopic (exact) mass is 663 g/mol. The van der Waals surface area contributed by atoms with Crippen molar-refractivity contribution in [1.29, 1.82) is 0 Å². The molecule has 1 aromatic heterocycles. The topological polar surface area (TPSA) is 140 Å². The minimum Gasteiger partial charge on any atom is -0.462 e. The molecule has 9 atom stereocenters. The molecule has 3 aliphatic carbocycles. The van der Waals surface area contributed by atoms with Crippen molar-refractivity contribution < 1.29 is 19.9 Å². The number of carbonyl (C=O) groups is 1. The number of ether oxygens (including phenoxy) is 1. The molecule has 11 nitrogen and oxygen atoms in total. The molecule has 0 bridgehead atoms. The van der Waals surface area contributed by atoms with Crippen LogP contribution in [-0.4, -0.2) is 48.8 Å². The van der Waals surface area contributed by atoms with Crippen molar-refractivity contribution in [2.45, 2.75) is 123 Å². The molecule has 4 aliphatic rings. The molecular formula is C37H53N5O6. The molecular weight excluding hydrogens is 610 g/mol. The summed E-state index contributed by atoms with van der Waals surface area (Å²) in [4.78, 5) is 42.2. The number of rotatable bonds is 9. The van der Waals surface area contributed by atoms with Gasteiger partial charge in [-0.2, -0.15) is 0 Å². The maximum atomic E-state index is 15.0. The van der Waals surface area contributed by atoms with Gasteiger partial charge in [-0.15, -0.1) is 0 Å². The number of benzene rings is 1. The maximum absolute atomic E-state index is 15.0. The van der Waals surface area contributed by atoms with Gasteiger partial charge in [-0.25, -0.2) is 23.5 Å². The Labute approximate surface area is 282 Å². The first kappa shape index (κ1) is 34.2. The average Bonchev–Trinajstić information content (AvgIpc) is 3.52. The van der Waals surface area contributed by atoms with Crippen molar-refractivity contribution in [1.82, 2.24) is 13.9 Å². The number of oxime groups is 2. The van der Waals surface area contributed by atoms with Crippen LogP contribution < -0.4 is 11.4 Å². The Bertz CT molecular complexity index is 1690. The van der Waals surface area contributed by atoms with E-state index < -0.39 is 39.9 Å². The summed E-state index contributed by atoms with van der Waals surface area (Å²) in [5.41, 5.74) is -4.06. The van der Waals surface area contributed by atoms with Crippen LogP contribution in [0.1, 0.15) is 106 Å². The van der Waals surface area contributed by atoms with Crippen LogP contribution >= 0.6 is 0 Å². The summed E-state index contributed by atoms with van der Waals surface area (Å²) < 4.78 is 10.00. The van der Waals surface area contributed by atoms with Gasteiger partial charge in [0.1, 0.15) is 17.2 Å². The summed E-state index contributed by atoms with van der Waals surface area (Å²) >= 11 is 0. The molecule has 2 N–H and O–H groups in total. The molecule has 3 saturated carbocycles. The molecule has 1 aromatic carbocycles. The molecule has 0 amide bonds. The van der Waals surface area contributed by atoms with Gasteiger partial charge in [0.05, 0.1) is 18.1 Å². The second-order valence-electron chi connectivity index (χ2n) is 16.2. The molecule has 6 rings (SSSR count). The first-order valence-electron chi connectivity index (χ1n) is 17.9. The summed E-state index contributed by atoms with van der Waals surface area (Å²) in [6.45, 7) is 12.7. The van der Waals surface area contributed by atoms with Crippen molar-refractivity contribution in [3.63, 3.8) is 0 Å². The summed E-state index contributed by atoms with van der Waals surface area (Å²) in [5.74, 6) is 0.752. The fourth-order valence-corrected chi connectivity index (χ4v) is 11.5. The predicted molar refractivity (Wildman–Crippen MR) is 183 cm³/mol. The Morgan fingerprint density at radius 2 is 1.62 bits per heavy atom. The van der Waals surface area contributed by atoms with Crippen molar-refractivity contribution in [2.24, 2.45) is 50.7 Å². The van der Waals surface area contributed by atoms with E-state index in [2.05, 4.69) is 44.9 Å². The lowest BCUT2D eigenvalue weighted by Crippen LogP contribution is -2.76. The van der Waals surface area contributed by atoms with Crippen molar-refractivity contribution >= 4 is 18.4 Å². The minimum atomic E-state index is -1.32. The normalized spacial score (nSPS) is 36.5. The van der Waals surface area contributed by atoms with Crippen LogP contribution in [0.2, 0.25) is 0 Å². The third-order valence-corrected chi connectivity index (χ3v) is 13.5. The zero-order valence-electron chi connectivity index (χ0n) is 29.3. The highest BCUT2D eigenvalue weighted by Crippen LogP contribution is 2.71. The van der Waals surface area contributed by atoms with Crippen molar-refractivity contribution in [2.75, 3.05) is 0 Å². The molecule has 262 valence electrons. The lowest BCUT2D eigenvalue weighted by Gasteiger charge is -2.67. The van der Waals surface area contributed by atoms with Crippen LogP contribution in [-0.2, 0) is 20.6 Å². The molecule has 3 fully saturated rings. The summed E-state index contributed by atoms with van der Waals surface area (Å²) in [5, 5.41) is 28.1. The number of fused-ring (bicyclic) bond motifs is 8. The minimum absolute atomic E-state index is 0.0979. The highest BCUT2D eigenvalue weighted by atomic mass is 16.5. The van der Waals surface area contributed by atoms with Gasteiger partial charge in [0, 0.05) is 18.8 Å². The van der Waals surface area contributed by atoms with Gasteiger partial charge in [-0.3, -0.25) is 4.79 Å². The van der Waals surface area contributed by atoms with Gasteiger partial charge in [-0.05, 0) is 85.7 Å². The van der Waals surface area contributed by atoms with Gasteiger partial charge in [0.15, 0.2) is 0 Å². The van der Waals surface area contributed by atoms with Crippen molar-refractivity contribution in [3.05, 3.63) is 51.3 Å². The Balaban J connectivity index is 1.63. The molecule has 3 unspecified atom stereocenters. The van der Waals surface area contributed by atoms with Gasteiger partial charge < -0.3 is 15.2 Å². The van der Waals surface area contributed by atoms with E-state index in [1.54, 1.807) is 35.2 Å². The highest BCUT2D eigenvalue weighted by molar-refractivity contribution is 5.75. The van der Waals surface area contributed by atoms with Crippen LogP contribution in [0.25, 0.3) is 5.69 Å². The van der Waals surface area contributed by atoms with E-state index >= 15 is 4.79 Å². The van der Waals surface area contributed by atoms with Gasteiger partial charge in [0.25, 0.3) is 0 Å². The lowest BCUT2D eigenvalue weighted by molar-refractivity contribution is -0.181. The second-order valence-corrected chi connectivity index (χ2v) is 16.2. The number of aromatic nitrogens is 3.